The van der Waals surface area contributed by atoms with E-state index in [4.69, 9.17) is 5.73 Å². The number of rotatable bonds is 3. The molecule has 17 heavy (non-hydrogen) atoms. The average molecular weight is 236 g/mol. The third kappa shape index (κ3) is 3.11. The van der Waals surface area contributed by atoms with Gasteiger partial charge in [0, 0.05) is 6.04 Å². The number of hydrogen-bond donors (Lipinski definition) is 2. The van der Waals surface area contributed by atoms with Crippen LogP contribution in [0.3, 0.4) is 0 Å². The summed E-state index contributed by atoms with van der Waals surface area (Å²) in [5, 5.41) is 3.37. The van der Waals surface area contributed by atoms with Crippen LogP contribution in [-0.2, 0) is 0 Å². The number of nitrogens with one attached hydrogen (secondary N) is 1. The maximum absolute atomic E-state index is 13.1. The predicted molar refractivity (Wildman–Crippen MR) is 70.5 cm³/mol. The van der Waals surface area contributed by atoms with Crippen molar-refractivity contribution in [3.05, 3.63) is 24.0 Å². The number of halogens is 1. The minimum absolute atomic E-state index is 0.232. The molecule has 0 spiro atoms. The van der Waals surface area contributed by atoms with Gasteiger partial charge in [-0.25, -0.2) is 4.39 Å². The zero-order valence-electron chi connectivity index (χ0n) is 10.4. The molecule has 0 amide bonds. The Labute approximate surface area is 102 Å². The summed E-state index contributed by atoms with van der Waals surface area (Å²) in [6, 6.07) is 4.95. The molecule has 1 aromatic rings. The van der Waals surface area contributed by atoms with Gasteiger partial charge in [-0.2, -0.15) is 0 Å². The molecule has 1 saturated carbocycles. The molecular weight excluding hydrogens is 215 g/mol. The van der Waals surface area contributed by atoms with Crippen molar-refractivity contribution in [2.75, 3.05) is 11.1 Å². The van der Waals surface area contributed by atoms with Crippen LogP contribution in [0.25, 0.3) is 0 Å². The van der Waals surface area contributed by atoms with Crippen molar-refractivity contribution in [2.24, 2.45) is 5.92 Å². The van der Waals surface area contributed by atoms with Crippen molar-refractivity contribution in [2.45, 2.75) is 45.1 Å². The summed E-state index contributed by atoms with van der Waals surface area (Å²) in [5.41, 5.74) is 7.20. The molecule has 0 unspecified atom stereocenters. The van der Waals surface area contributed by atoms with Gasteiger partial charge in [0.05, 0.1) is 11.4 Å². The highest BCUT2D eigenvalue weighted by atomic mass is 19.1. The first kappa shape index (κ1) is 12.2. The van der Waals surface area contributed by atoms with E-state index < -0.39 is 0 Å². The van der Waals surface area contributed by atoms with Crippen molar-refractivity contribution in [3.63, 3.8) is 0 Å². The van der Waals surface area contributed by atoms with Crippen LogP contribution in [0.4, 0.5) is 15.8 Å². The van der Waals surface area contributed by atoms with Crippen LogP contribution in [0.15, 0.2) is 18.2 Å². The lowest BCUT2D eigenvalue weighted by Crippen LogP contribution is -2.26. The summed E-state index contributed by atoms with van der Waals surface area (Å²) in [5.74, 6) is 0.641. The highest BCUT2D eigenvalue weighted by Crippen LogP contribution is 2.30. The van der Waals surface area contributed by atoms with Crippen LogP contribution in [0.5, 0.6) is 0 Å². The molecule has 0 atom stereocenters. The highest BCUT2D eigenvalue weighted by Gasteiger charge is 2.20. The van der Waals surface area contributed by atoms with Crippen molar-refractivity contribution in [1.82, 2.24) is 0 Å². The first-order valence-corrected chi connectivity index (χ1v) is 6.50. The molecule has 2 rings (SSSR count). The molecular formula is C14H21FN2. The van der Waals surface area contributed by atoms with Gasteiger partial charge in [-0.05, 0) is 49.8 Å². The SMILES string of the molecule is CCC1CCC(Nc2cc(F)ccc2N)CC1. The number of hydrogen-bond acceptors (Lipinski definition) is 2. The Morgan fingerprint density at radius 1 is 1.29 bits per heavy atom. The Morgan fingerprint density at radius 3 is 2.65 bits per heavy atom. The van der Waals surface area contributed by atoms with E-state index in [1.54, 1.807) is 6.07 Å². The largest absolute Gasteiger partial charge is 0.397 e. The van der Waals surface area contributed by atoms with E-state index in [1.807, 2.05) is 0 Å². The molecule has 0 heterocycles. The van der Waals surface area contributed by atoms with E-state index in [0.717, 1.165) is 24.4 Å². The first-order chi connectivity index (χ1) is 8.19. The Balaban J connectivity index is 1.95. The number of nitrogen functional groups attached to an aromatic ring is 1. The second-order valence-electron chi connectivity index (χ2n) is 5.00. The minimum Gasteiger partial charge on any atom is -0.397 e. The summed E-state index contributed by atoms with van der Waals surface area (Å²) in [6.45, 7) is 2.25. The molecule has 1 aromatic carbocycles. The van der Waals surface area contributed by atoms with E-state index in [-0.39, 0.29) is 5.82 Å². The summed E-state index contributed by atoms with van der Waals surface area (Å²) in [4.78, 5) is 0. The molecule has 0 radical (unpaired) electrons. The molecule has 0 saturated heterocycles. The molecule has 94 valence electrons. The van der Waals surface area contributed by atoms with Crippen LogP contribution in [-0.4, -0.2) is 6.04 Å². The average Bonchev–Trinajstić information content (AvgIpc) is 2.35. The van der Waals surface area contributed by atoms with E-state index in [2.05, 4.69) is 12.2 Å². The third-order valence-corrected chi connectivity index (χ3v) is 3.80. The maximum Gasteiger partial charge on any atom is 0.125 e. The summed E-state index contributed by atoms with van der Waals surface area (Å²) < 4.78 is 13.1. The van der Waals surface area contributed by atoms with Crippen molar-refractivity contribution in [1.29, 1.82) is 0 Å². The molecule has 3 N–H and O–H groups in total. The Hall–Kier alpha value is -1.25. The Kier molecular flexibility index (Phi) is 3.87. The van der Waals surface area contributed by atoms with Crippen LogP contribution in [0.1, 0.15) is 39.0 Å². The van der Waals surface area contributed by atoms with Crippen LogP contribution in [0, 0.1) is 11.7 Å². The zero-order valence-corrected chi connectivity index (χ0v) is 10.4. The molecule has 1 aliphatic carbocycles. The van der Waals surface area contributed by atoms with Crippen LogP contribution in [0.2, 0.25) is 0 Å². The topological polar surface area (TPSA) is 38.0 Å². The molecule has 0 bridgehead atoms. The Morgan fingerprint density at radius 2 is 2.00 bits per heavy atom. The lowest BCUT2D eigenvalue weighted by molar-refractivity contribution is 0.330. The van der Waals surface area contributed by atoms with Gasteiger partial charge in [0.25, 0.3) is 0 Å². The fraction of sp³-hybridized carbons (Fsp3) is 0.571. The van der Waals surface area contributed by atoms with E-state index in [0.29, 0.717) is 11.7 Å². The van der Waals surface area contributed by atoms with Gasteiger partial charge in [0.15, 0.2) is 0 Å². The van der Waals surface area contributed by atoms with Crippen molar-refractivity contribution in [3.8, 4) is 0 Å². The van der Waals surface area contributed by atoms with Gasteiger partial charge >= 0.3 is 0 Å². The van der Waals surface area contributed by atoms with Crippen molar-refractivity contribution >= 4 is 11.4 Å². The van der Waals surface area contributed by atoms with E-state index in [9.17, 15) is 4.39 Å². The van der Waals surface area contributed by atoms with Crippen LogP contribution >= 0.6 is 0 Å². The molecule has 1 fully saturated rings. The second-order valence-corrected chi connectivity index (χ2v) is 5.00. The van der Waals surface area contributed by atoms with Gasteiger partial charge in [0.1, 0.15) is 5.82 Å². The Bertz CT molecular complexity index is 370. The molecule has 1 aliphatic rings. The molecule has 0 aliphatic heterocycles. The fourth-order valence-corrected chi connectivity index (χ4v) is 2.59. The second kappa shape index (κ2) is 5.39. The smallest absolute Gasteiger partial charge is 0.125 e. The van der Waals surface area contributed by atoms with Crippen molar-refractivity contribution < 1.29 is 4.39 Å². The molecule has 2 nitrogen and oxygen atoms in total. The van der Waals surface area contributed by atoms with E-state index >= 15 is 0 Å². The number of anilines is 2. The standard InChI is InChI=1S/C14H21FN2/c1-2-10-3-6-12(7-4-10)17-14-9-11(15)5-8-13(14)16/h5,8-10,12,17H,2-4,6-7,16H2,1H3. The zero-order chi connectivity index (χ0) is 12.3. The fourth-order valence-electron chi connectivity index (χ4n) is 2.59. The highest BCUT2D eigenvalue weighted by molar-refractivity contribution is 5.66. The summed E-state index contributed by atoms with van der Waals surface area (Å²) >= 11 is 0. The number of benzene rings is 1. The normalized spacial score (nSPS) is 24.6. The minimum atomic E-state index is -0.232. The quantitative estimate of drug-likeness (QED) is 0.784. The monoisotopic (exact) mass is 236 g/mol. The summed E-state index contributed by atoms with van der Waals surface area (Å²) in [6.07, 6.45) is 6.13. The summed E-state index contributed by atoms with van der Waals surface area (Å²) in [7, 11) is 0. The van der Waals surface area contributed by atoms with Gasteiger partial charge in [-0.1, -0.05) is 13.3 Å². The molecule has 3 heteroatoms. The van der Waals surface area contributed by atoms with Gasteiger partial charge in [0.2, 0.25) is 0 Å². The van der Waals surface area contributed by atoms with Gasteiger partial charge in [-0.15, -0.1) is 0 Å². The first-order valence-electron chi connectivity index (χ1n) is 6.50. The van der Waals surface area contributed by atoms with Crippen LogP contribution < -0.4 is 11.1 Å². The van der Waals surface area contributed by atoms with Gasteiger partial charge < -0.3 is 11.1 Å². The maximum atomic E-state index is 13.1. The lowest BCUT2D eigenvalue weighted by atomic mass is 9.84. The molecule has 0 aromatic heterocycles. The number of nitrogens with two attached hydrogens (primary N) is 1. The lowest BCUT2D eigenvalue weighted by Gasteiger charge is -2.29. The van der Waals surface area contributed by atoms with Gasteiger partial charge in [-0.3, -0.25) is 0 Å². The third-order valence-electron chi connectivity index (χ3n) is 3.80. The predicted octanol–water partition coefficient (Wildman–Crippen LogP) is 3.79. The van der Waals surface area contributed by atoms with E-state index in [1.165, 1.54) is 31.4 Å².